The Morgan fingerprint density at radius 3 is 2.92 bits per heavy atom. The minimum atomic E-state index is 0.665. The van der Waals surface area contributed by atoms with Crippen LogP contribution in [0.2, 0.25) is 0 Å². The molecule has 68 valence electrons. The maximum atomic E-state index is 5.76. The maximum absolute atomic E-state index is 5.76. The van der Waals surface area contributed by atoms with Crippen LogP contribution >= 0.6 is 11.3 Å². The fraction of sp³-hybridized carbons (Fsp3) is 0.222. The van der Waals surface area contributed by atoms with Gasteiger partial charge in [0.2, 0.25) is 0 Å². The van der Waals surface area contributed by atoms with E-state index in [0.29, 0.717) is 11.4 Å². The van der Waals surface area contributed by atoms with Gasteiger partial charge in [-0.15, -0.1) is 11.3 Å². The van der Waals surface area contributed by atoms with E-state index < -0.39 is 0 Å². The molecule has 0 fully saturated rings. The Morgan fingerprint density at radius 2 is 2.23 bits per heavy atom. The standard InChI is InChI=1S/C9H10N2OS/c1-5-11-7-4-8(12-2)6(10)3-9(7)13-5/h3-4H,10H2,1-2H3. The van der Waals surface area contributed by atoms with Gasteiger partial charge in [-0.3, -0.25) is 0 Å². The van der Waals surface area contributed by atoms with Gasteiger partial charge in [0, 0.05) is 6.07 Å². The number of hydrogen-bond donors (Lipinski definition) is 1. The molecule has 0 aliphatic rings. The average molecular weight is 194 g/mol. The fourth-order valence-electron chi connectivity index (χ4n) is 1.26. The average Bonchev–Trinajstić information content (AvgIpc) is 2.42. The second-order valence-corrected chi connectivity index (χ2v) is 4.03. The molecule has 0 aliphatic heterocycles. The highest BCUT2D eigenvalue weighted by atomic mass is 32.1. The molecule has 0 atom stereocenters. The highest BCUT2D eigenvalue weighted by Crippen LogP contribution is 2.30. The van der Waals surface area contributed by atoms with Crippen LogP contribution in [0, 0.1) is 6.92 Å². The molecule has 2 N–H and O–H groups in total. The summed E-state index contributed by atoms with van der Waals surface area (Å²) in [5.41, 5.74) is 7.38. The summed E-state index contributed by atoms with van der Waals surface area (Å²) in [4.78, 5) is 4.35. The summed E-state index contributed by atoms with van der Waals surface area (Å²) in [6, 6.07) is 3.77. The Labute approximate surface area is 80.2 Å². The number of nitrogens with zero attached hydrogens (tertiary/aromatic N) is 1. The first kappa shape index (κ1) is 8.31. The van der Waals surface area contributed by atoms with Crippen LogP contribution in [-0.4, -0.2) is 12.1 Å². The molecule has 4 heteroatoms. The molecular formula is C9H10N2OS. The lowest BCUT2D eigenvalue weighted by Gasteiger charge is -2.02. The van der Waals surface area contributed by atoms with Crippen molar-refractivity contribution in [1.29, 1.82) is 0 Å². The topological polar surface area (TPSA) is 48.1 Å². The number of rotatable bonds is 1. The van der Waals surface area contributed by atoms with Crippen LogP contribution in [0.5, 0.6) is 5.75 Å². The van der Waals surface area contributed by atoms with E-state index in [0.717, 1.165) is 15.2 Å². The van der Waals surface area contributed by atoms with Crippen molar-refractivity contribution in [2.45, 2.75) is 6.92 Å². The molecular weight excluding hydrogens is 184 g/mol. The third kappa shape index (κ3) is 1.33. The summed E-state index contributed by atoms with van der Waals surface area (Å²) < 4.78 is 6.21. The Hall–Kier alpha value is -1.29. The second-order valence-electron chi connectivity index (χ2n) is 2.79. The molecule has 1 aromatic carbocycles. The first-order valence-corrected chi connectivity index (χ1v) is 4.73. The van der Waals surface area contributed by atoms with E-state index in [-0.39, 0.29) is 0 Å². The van der Waals surface area contributed by atoms with Gasteiger partial charge in [-0.1, -0.05) is 0 Å². The lowest BCUT2D eigenvalue weighted by atomic mass is 10.3. The van der Waals surface area contributed by atoms with Crippen LogP contribution in [0.4, 0.5) is 5.69 Å². The molecule has 1 heterocycles. The van der Waals surface area contributed by atoms with Crippen LogP contribution in [0.15, 0.2) is 12.1 Å². The third-order valence-corrected chi connectivity index (χ3v) is 2.78. The number of methoxy groups -OCH3 is 1. The van der Waals surface area contributed by atoms with E-state index in [4.69, 9.17) is 10.5 Å². The van der Waals surface area contributed by atoms with Gasteiger partial charge in [0.1, 0.15) is 5.75 Å². The molecule has 0 amide bonds. The number of hydrogen-bond acceptors (Lipinski definition) is 4. The Bertz CT molecular complexity index is 450. The highest BCUT2D eigenvalue weighted by Gasteiger charge is 2.05. The summed E-state index contributed by atoms with van der Waals surface area (Å²) in [7, 11) is 1.61. The number of aryl methyl sites for hydroxylation is 1. The molecule has 3 nitrogen and oxygen atoms in total. The largest absolute Gasteiger partial charge is 0.495 e. The Balaban J connectivity index is 2.72. The smallest absolute Gasteiger partial charge is 0.143 e. The van der Waals surface area contributed by atoms with Crippen LogP contribution in [0.3, 0.4) is 0 Å². The van der Waals surface area contributed by atoms with Crippen molar-refractivity contribution in [2.24, 2.45) is 0 Å². The Kier molecular flexibility index (Phi) is 1.84. The molecule has 1 aromatic heterocycles. The van der Waals surface area contributed by atoms with Crippen molar-refractivity contribution in [3.05, 3.63) is 17.1 Å². The van der Waals surface area contributed by atoms with Crippen molar-refractivity contribution in [3.63, 3.8) is 0 Å². The van der Waals surface area contributed by atoms with E-state index >= 15 is 0 Å². The van der Waals surface area contributed by atoms with E-state index in [1.807, 2.05) is 19.1 Å². The van der Waals surface area contributed by atoms with Crippen LogP contribution in [-0.2, 0) is 0 Å². The second kappa shape index (κ2) is 2.88. The van der Waals surface area contributed by atoms with Gasteiger partial charge >= 0.3 is 0 Å². The van der Waals surface area contributed by atoms with E-state index in [1.54, 1.807) is 18.4 Å². The van der Waals surface area contributed by atoms with Crippen LogP contribution in [0.1, 0.15) is 5.01 Å². The number of nitrogen functional groups attached to an aromatic ring is 1. The Morgan fingerprint density at radius 1 is 1.46 bits per heavy atom. The number of anilines is 1. The molecule has 2 aromatic rings. The van der Waals surface area contributed by atoms with Crippen molar-refractivity contribution in [3.8, 4) is 5.75 Å². The first-order chi connectivity index (χ1) is 6.20. The molecule has 0 bridgehead atoms. The monoisotopic (exact) mass is 194 g/mol. The maximum Gasteiger partial charge on any atom is 0.143 e. The van der Waals surface area contributed by atoms with Crippen LogP contribution < -0.4 is 10.5 Å². The highest BCUT2D eigenvalue weighted by molar-refractivity contribution is 7.18. The van der Waals surface area contributed by atoms with Crippen molar-refractivity contribution < 1.29 is 4.74 Å². The van der Waals surface area contributed by atoms with Gasteiger partial charge in [-0.25, -0.2) is 4.98 Å². The zero-order valence-electron chi connectivity index (χ0n) is 7.50. The number of fused-ring (bicyclic) bond motifs is 1. The van der Waals surface area contributed by atoms with Gasteiger partial charge in [-0.2, -0.15) is 0 Å². The zero-order valence-corrected chi connectivity index (χ0v) is 8.31. The van der Waals surface area contributed by atoms with Gasteiger partial charge in [0.15, 0.2) is 0 Å². The first-order valence-electron chi connectivity index (χ1n) is 3.91. The van der Waals surface area contributed by atoms with E-state index in [1.165, 1.54) is 0 Å². The molecule has 0 spiro atoms. The number of nitrogens with two attached hydrogens (primary N) is 1. The zero-order chi connectivity index (χ0) is 9.42. The van der Waals surface area contributed by atoms with Gasteiger partial charge < -0.3 is 10.5 Å². The normalized spacial score (nSPS) is 10.6. The lowest BCUT2D eigenvalue weighted by Crippen LogP contribution is -1.91. The molecule has 2 rings (SSSR count). The molecule has 0 saturated heterocycles. The van der Waals surface area contributed by atoms with Gasteiger partial charge in [0.25, 0.3) is 0 Å². The van der Waals surface area contributed by atoms with E-state index in [2.05, 4.69) is 4.98 Å². The minimum Gasteiger partial charge on any atom is -0.495 e. The summed E-state index contributed by atoms with van der Waals surface area (Å²) in [5, 5.41) is 1.04. The molecule has 13 heavy (non-hydrogen) atoms. The van der Waals surface area contributed by atoms with Crippen molar-refractivity contribution in [2.75, 3.05) is 12.8 Å². The number of benzene rings is 1. The van der Waals surface area contributed by atoms with Crippen molar-refractivity contribution in [1.82, 2.24) is 4.98 Å². The quantitative estimate of drug-likeness (QED) is 0.708. The number of aromatic nitrogens is 1. The predicted molar refractivity (Wildman–Crippen MR) is 55.3 cm³/mol. The van der Waals surface area contributed by atoms with Crippen LogP contribution in [0.25, 0.3) is 10.2 Å². The SMILES string of the molecule is COc1cc2nc(C)sc2cc1N. The van der Waals surface area contributed by atoms with Gasteiger partial charge in [0.05, 0.1) is 28.0 Å². The molecule has 0 unspecified atom stereocenters. The summed E-state index contributed by atoms with van der Waals surface area (Å²) in [5.74, 6) is 0.692. The lowest BCUT2D eigenvalue weighted by molar-refractivity contribution is 0.417. The molecule has 0 radical (unpaired) electrons. The van der Waals surface area contributed by atoms with E-state index in [9.17, 15) is 0 Å². The third-order valence-electron chi connectivity index (χ3n) is 1.85. The number of ether oxygens (including phenoxy) is 1. The predicted octanol–water partition coefficient (Wildman–Crippen LogP) is 2.20. The summed E-state index contributed by atoms with van der Waals surface area (Å²) in [6.45, 7) is 1.98. The molecule has 0 aliphatic carbocycles. The van der Waals surface area contributed by atoms with Gasteiger partial charge in [-0.05, 0) is 13.0 Å². The fourth-order valence-corrected chi connectivity index (χ4v) is 2.12. The summed E-state index contributed by atoms with van der Waals surface area (Å²) in [6.07, 6.45) is 0. The summed E-state index contributed by atoms with van der Waals surface area (Å²) >= 11 is 1.64. The van der Waals surface area contributed by atoms with Crippen molar-refractivity contribution >= 4 is 27.2 Å². The number of thiazole rings is 1. The molecule has 0 saturated carbocycles. The minimum absolute atomic E-state index is 0.665.